The zero-order chi connectivity index (χ0) is 13.0. The minimum Gasteiger partial charge on any atom is -0.369 e. The fourth-order valence-electron chi connectivity index (χ4n) is 2.37. The topological polar surface area (TPSA) is 44.4 Å². The molecule has 98 valence electrons. The molecule has 0 bridgehead atoms. The second-order valence-electron chi connectivity index (χ2n) is 4.55. The number of nitrogens with zero attached hydrogens (tertiary/aromatic N) is 1. The molecule has 0 spiro atoms. The number of carbonyl (C=O) groups excluding carboxylic acids is 1. The SMILES string of the molecule is CCNC(=O)c1cccc(N2CCNCC2)c1C. The van der Waals surface area contributed by atoms with Crippen molar-refractivity contribution in [2.75, 3.05) is 37.6 Å². The van der Waals surface area contributed by atoms with Gasteiger partial charge < -0.3 is 15.5 Å². The van der Waals surface area contributed by atoms with E-state index in [1.807, 2.05) is 26.0 Å². The summed E-state index contributed by atoms with van der Waals surface area (Å²) in [5.41, 5.74) is 3.04. The molecule has 2 N–H and O–H groups in total. The maximum atomic E-state index is 12.0. The van der Waals surface area contributed by atoms with Crippen molar-refractivity contribution in [1.82, 2.24) is 10.6 Å². The lowest BCUT2D eigenvalue weighted by molar-refractivity contribution is 0.0955. The lowest BCUT2D eigenvalue weighted by Gasteiger charge is -2.31. The number of amides is 1. The highest BCUT2D eigenvalue weighted by molar-refractivity contribution is 5.97. The Kier molecular flexibility index (Phi) is 4.20. The van der Waals surface area contributed by atoms with Gasteiger partial charge in [-0.25, -0.2) is 0 Å². The van der Waals surface area contributed by atoms with E-state index in [1.54, 1.807) is 0 Å². The van der Waals surface area contributed by atoms with Crippen LogP contribution in [0.3, 0.4) is 0 Å². The van der Waals surface area contributed by atoms with Gasteiger partial charge in [-0.2, -0.15) is 0 Å². The van der Waals surface area contributed by atoms with Crippen molar-refractivity contribution in [3.05, 3.63) is 29.3 Å². The first-order valence-electron chi connectivity index (χ1n) is 6.57. The molecule has 1 aromatic rings. The van der Waals surface area contributed by atoms with E-state index in [4.69, 9.17) is 0 Å². The fourth-order valence-corrected chi connectivity index (χ4v) is 2.37. The van der Waals surface area contributed by atoms with E-state index >= 15 is 0 Å². The number of carbonyl (C=O) groups is 1. The van der Waals surface area contributed by atoms with E-state index in [0.29, 0.717) is 6.54 Å². The zero-order valence-electron chi connectivity index (χ0n) is 11.1. The molecule has 18 heavy (non-hydrogen) atoms. The molecule has 1 aromatic carbocycles. The van der Waals surface area contributed by atoms with Gasteiger partial charge in [0.15, 0.2) is 0 Å². The van der Waals surface area contributed by atoms with Crippen LogP contribution in [0.15, 0.2) is 18.2 Å². The normalized spacial score (nSPS) is 15.6. The van der Waals surface area contributed by atoms with Crippen molar-refractivity contribution in [3.8, 4) is 0 Å². The molecule has 0 aliphatic carbocycles. The number of hydrogen-bond acceptors (Lipinski definition) is 3. The first-order valence-corrected chi connectivity index (χ1v) is 6.57. The van der Waals surface area contributed by atoms with Gasteiger partial charge in [0.1, 0.15) is 0 Å². The molecule has 0 aromatic heterocycles. The third-order valence-corrected chi connectivity index (χ3v) is 3.34. The van der Waals surface area contributed by atoms with E-state index in [9.17, 15) is 4.79 Å². The van der Waals surface area contributed by atoms with Gasteiger partial charge in [0.2, 0.25) is 0 Å². The number of piperazine rings is 1. The van der Waals surface area contributed by atoms with Crippen LogP contribution in [-0.2, 0) is 0 Å². The van der Waals surface area contributed by atoms with Crippen LogP contribution in [0, 0.1) is 6.92 Å². The Labute approximate surface area is 108 Å². The largest absolute Gasteiger partial charge is 0.369 e. The molecule has 0 radical (unpaired) electrons. The zero-order valence-corrected chi connectivity index (χ0v) is 11.1. The number of anilines is 1. The van der Waals surface area contributed by atoms with E-state index in [-0.39, 0.29) is 5.91 Å². The number of nitrogens with one attached hydrogen (secondary N) is 2. The first-order chi connectivity index (χ1) is 8.74. The Morgan fingerprint density at radius 3 is 2.78 bits per heavy atom. The van der Waals surface area contributed by atoms with Gasteiger partial charge in [-0.05, 0) is 31.5 Å². The van der Waals surface area contributed by atoms with Crippen LogP contribution >= 0.6 is 0 Å². The third kappa shape index (κ3) is 2.64. The summed E-state index contributed by atoms with van der Waals surface area (Å²) >= 11 is 0. The molecular formula is C14H21N3O. The van der Waals surface area contributed by atoms with Crippen molar-refractivity contribution < 1.29 is 4.79 Å². The molecule has 1 fully saturated rings. The van der Waals surface area contributed by atoms with E-state index in [2.05, 4.69) is 21.6 Å². The Bertz CT molecular complexity index is 425. The summed E-state index contributed by atoms with van der Waals surface area (Å²) in [7, 11) is 0. The van der Waals surface area contributed by atoms with Crippen LogP contribution in [0.25, 0.3) is 0 Å². The predicted molar refractivity (Wildman–Crippen MR) is 74.3 cm³/mol. The van der Waals surface area contributed by atoms with Crippen molar-refractivity contribution in [3.63, 3.8) is 0 Å². The van der Waals surface area contributed by atoms with Crippen LogP contribution in [-0.4, -0.2) is 38.6 Å². The van der Waals surface area contributed by atoms with Crippen LogP contribution in [0.5, 0.6) is 0 Å². The Morgan fingerprint density at radius 1 is 1.39 bits per heavy atom. The summed E-state index contributed by atoms with van der Waals surface area (Å²) in [4.78, 5) is 14.3. The first kappa shape index (κ1) is 12.9. The van der Waals surface area contributed by atoms with Gasteiger partial charge >= 0.3 is 0 Å². The maximum Gasteiger partial charge on any atom is 0.251 e. The molecule has 0 saturated carbocycles. The smallest absolute Gasteiger partial charge is 0.251 e. The minimum absolute atomic E-state index is 0.0204. The van der Waals surface area contributed by atoms with Gasteiger partial charge in [-0.15, -0.1) is 0 Å². The number of hydrogen-bond donors (Lipinski definition) is 2. The molecule has 1 aliphatic heterocycles. The summed E-state index contributed by atoms with van der Waals surface area (Å²) in [6.45, 7) is 8.64. The van der Waals surface area contributed by atoms with Crippen molar-refractivity contribution in [1.29, 1.82) is 0 Å². The molecule has 0 unspecified atom stereocenters. The molecule has 1 saturated heterocycles. The van der Waals surface area contributed by atoms with Gasteiger partial charge in [0.25, 0.3) is 5.91 Å². The quantitative estimate of drug-likeness (QED) is 0.842. The lowest BCUT2D eigenvalue weighted by atomic mass is 10.0. The van der Waals surface area contributed by atoms with Crippen LogP contribution in [0.2, 0.25) is 0 Å². The van der Waals surface area contributed by atoms with Crippen LogP contribution in [0.1, 0.15) is 22.8 Å². The third-order valence-electron chi connectivity index (χ3n) is 3.34. The second-order valence-corrected chi connectivity index (χ2v) is 4.55. The van der Waals surface area contributed by atoms with Gasteiger partial charge in [-0.3, -0.25) is 4.79 Å². The Hall–Kier alpha value is -1.55. The summed E-state index contributed by atoms with van der Waals surface area (Å²) in [5, 5.41) is 6.20. The highest BCUT2D eigenvalue weighted by atomic mass is 16.1. The van der Waals surface area contributed by atoms with Gasteiger partial charge in [-0.1, -0.05) is 6.07 Å². The molecule has 4 nitrogen and oxygen atoms in total. The molecular weight excluding hydrogens is 226 g/mol. The molecule has 0 atom stereocenters. The van der Waals surface area contributed by atoms with Crippen molar-refractivity contribution in [2.24, 2.45) is 0 Å². The summed E-state index contributed by atoms with van der Waals surface area (Å²) in [6, 6.07) is 5.96. The minimum atomic E-state index is 0.0204. The standard InChI is InChI=1S/C14H21N3O/c1-3-16-14(18)12-5-4-6-13(11(12)2)17-9-7-15-8-10-17/h4-6,15H,3,7-10H2,1-2H3,(H,16,18). The lowest BCUT2D eigenvalue weighted by Crippen LogP contribution is -2.44. The maximum absolute atomic E-state index is 12.0. The van der Waals surface area contributed by atoms with Crippen molar-refractivity contribution >= 4 is 11.6 Å². The summed E-state index contributed by atoms with van der Waals surface area (Å²) < 4.78 is 0. The summed E-state index contributed by atoms with van der Waals surface area (Å²) in [6.07, 6.45) is 0. The van der Waals surface area contributed by atoms with Crippen LogP contribution in [0.4, 0.5) is 5.69 Å². The summed E-state index contributed by atoms with van der Waals surface area (Å²) in [5.74, 6) is 0.0204. The second kappa shape index (κ2) is 5.87. The van der Waals surface area contributed by atoms with Crippen molar-refractivity contribution in [2.45, 2.75) is 13.8 Å². The van der Waals surface area contributed by atoms with Crippen LogP contribution < -0.4 is 15.5 Å². The molecule has 4 heteroatoms. The number of rotatable bonds is 3. The molecule has 1 aliphatic rings. The Morgan fingerprint density at radius 2 is 2.11 bits per heavy atom. The molecule has 1 amide bonds. The fraction of sp³-hybridized carbons (Fsp3) is 0.500. The van der Waals surface area contributed by atoms with Gasteiger partial charge in [0.05, 0.1) is 0 Å². The Balaban J connectivity index is 2.26. The predicted octanol–water partition coefficient (Wildman–Crippen LogP) is 1.15. The monoisotopic (exact) mass is 247 g/mol. The molecule has 1 heterocycles. The molecule has 2 rings (SSSR count). The van der Waals surface area contributed by atoms with E-state index < -0.39 is 0 Å². The average molecular weight is 247 g/mol. The van der Waals surface area contributed by atoms with E-state index in [0.717, 1.165) is 37.3 Å². The van der Waals surface area contributed by atoms with E-state index in [1.165, 1.54) is 5.69 Å². The highest BCUT2D eigenvalue weighted by Crippen LogP contribution is 2.23. The van der Waals surface area contributed by atoms with Gasteiger partial charge in [0, 0.05) is 44.0 Å². The highest BCUT2D eigenvalue weighted by Gasteiger charge is 2.16. The number of benzene rings is 1. The average Bonchev–Trinajstić information content (AvgIpc) is 2.40.